The number of aryl methyl sites for hydroxylation is 1. The van der Waals surface area contributed by atoms with E-state index in [2.05, 4.69) is 11.8 Å². The highest BCUT2D eigenvalue weighted by atomic mass is 16.5. The molecule has 6 heteroatoms. The Bertz CT molecular complexity index is 624. The summed E-state index contributed by atoms with van der Waals surface area (Å²) in [5.41, 5.74) is 1.74. The Labute approximate surface area is 143 Å². The van der Waals surface area contributed by atoms with E-state index < -0.39 is 11.8 Å². The zero-order valence-electron chi connectivity index (χ0n) is 14.5. The molecule has 0 aromatic heterocycles. The molecule has 0 spiro atoms. The maximum atomic E-state index is 12.7. The van der Waals surface area contributed by atoms with Gasteiger partial charge in [-0.1, -0.05) is 13.0 Å². The lowest BCUT2D eigenvalue weighted by Crippen LogP contribution is -2.54. The standard InChI is InChI=1S/C18H25N3O3/c1-3-6-19-7-9-20(10-8-19)17(22)18(23)21-11-12-24-16-5-4-14(2)13-15(16)21/h4-5,13H,3,6-12H2,1-2H3. The van der Waals surface area contributed by atoms with Gasteiger partial charge in [-0.05, 0) is 37.6 Å². The molecule has 0 N–H and O–H groups in total. The van der Waals surface area contributed by atoms with E-state index >= 15 is 0 Å². The van der Waals surface area contributed by atoms with Gasteiger partial charge in [0.05, 0.1) is 12.2 Å². The minimum absolute atomic E-state index is 0.402. The van der Waals surface area contributed by atoms with Gasteiger partial charge in [0.1, 0.15) is 12.4 Å². The number of carbonyl (C=O) groups excluding carboxylic acids is 2. The summed E-state index contributed by atoms with van der Waals surface area (Å²) in [5.74, 6) is -0.185. The Morgan fingerprint density at radius 1 is 1.08 bits per heavy atom. The van der Waals surface area contributed by atoms with Crippen LogP contribution in [0.3, 0.4) is 0 Å². The van der Waals surface area contributed by atoms with Crippen molar-refractivity contribution in [2.45, 2.75) is 20.3 Å². The monoisotopic (exact) mass is 331 g/mol. The van der Waals surface area contributed by atoms with E-state index in [1.54, 1.807) is 9.80 Å². The minimum Gasteiger partial charge on any atom is -0.490 e. The SMILES string of the molecule is CCCN1CCN(C(=O)C(=O)N2CCOc3ccc(C)cc32)CC1. The second-order valence-electron chi connectivity index (χ2n) is 6.41. The number of amides is 2. The molecule has 0 radical (unpaired) electrons. The van der Waals surface area contributed by atoms with Crippen LogP contribution >= 0.6 is 0 Å². The summed E-state index contributed by atoms with van der Waals surface area (Å²) in [7, 11) is 0. The first kappa shape index (κ1) is 16.8. The van der Waals surface area contributed by atoms with Gasteiger partial charge in [-0.2, -0.15) is 0 Å². The Morgan fingerprint density at radius 3 is 2.54 bits per heavy atom. The number of fused-ring (bicyclic) bond motifs is 1. The highest BCUT2D eigenvalue weighted by Crippen LogP contribution is 2.32. The van der Waals surface area contributed by atoms with E-state index in [1.807, 2.05) is 25.1 Å². The van der Waals surface area contributed by atoms with Crippen LogP contribution in [0.5, 0.6) is 5.75 Å². The van der Waals surface area contributed by atoms with Gasteiger partial charge in [0.25, 0.3) is 0 Å². The third-order valence-corrected chi connectivity index (χ3v) is 4.61. The summed E-state index contributed by atoms with van der Waals surface area (Å²) in [5, 5.41) is 0. The maximum absolute atomic E-state index is 12.7. The van der Waals surface area contributed by atoms with Crippen molar-refractivity contribution >= 4 is 17.5 Å². The Hall–Kier alpha value is -2.08. The van der Waals surface area contributed by atoms with E-state index in [9.17, 15) is 9.59 Å². The summed E-state index contributed by atoms with van der Waals surface area (Å²) in [6.45, 7) is 8.91. The van der Waals surface area contributed by atoms with E-state index in [4.69, 9.17) is 4.74 Å². The number of nitrogens with zero attached hydrogens (tertiary/aromatic N) is 3. The number of benzene rings is 1. The largest absolute Gasteiger partial charge is 0.490 e. The lowest BCUT2D eigenvalue weighted by atomic mass is 10.1. The highest BCUT2D eigenvalue weighted by molar-refractivity contribution is 6.40. The molecule has 0 bridgehead atoms. The zero-order valence-corrected chi connectivity index (χ0v) is 14.5. The number of rotatable bonds is 2. The van der Waals surface area contributed by atoms with E-state index in [0.29, 0.717) is 37.7 Å². The van der Waals surface area contributed by atoms with Crippen molar-refractivity contribution < 1.29 is 14.3 Å². The summed E-state index contributed by atoms with van der Waals surface area (Å²) >= 11 is 0. The van der Waals surface area contributed by atoms with Crippen molar-refractivity contribution in [3.8, 4) is 5.75 Å². The fourth-order valence-corrected chi connectivity index (χ4v) is 3.28. The predicted octanol–water partition coefficient (Wildman–Crippen LogP) is 1.27. The molecular formula is C18H25N3O3. The number of anilines is 1. The number of piperazine rings is 1. The molecule has 2 aliphatic rings. The van der Waals surface area contributed by atoms with Crippen LogP contribution in [0.4, 0.5) is 5.69 Å². The van der Waals surface area contributed by atoms with Crippen molar-refractivity contribution in [3.05, 3.63) is 23.8 Å². The summed E-state index contributed by atoms with van der Waals surface area (Å²) in [6, 6.07) is 5.71. The van der Waals surface area contributed by atoms with Crippen molar-refractivity contribution in [1.82, 2.24) is 9.80 Å². The molecule has 0 aliphatic carbocycles. The first-order valence-corrected chi connectivity index (χ1v) is 8.66. The van der Waals surface area contributed by atoms with Crippen LogP contribution in [0.2, 0.25) is 0 Å². The first-order chi connectivity index (χ1) is 11.6. The average Bonchev–Trinajstić information content (AvgIpc) is 2.61. The Kier molecular flexibility index (Phi) is 5.04. The lowest BCUT2D eigenvalue weighted by Gasteiger charge is -2.36. The maximum Gasteiger partial charge on any atom is 0.316 e. The van der Waals surface area contributed by atoms with Gasteiger partial charge in [0.15, 0.2) is 0 Å². The third-order valence-electron chi connectivity index (χ3n) is 4.61. The molecule has 1 saturated heterocycles. The van der Waals surface area contributed by atoms with E-state index in [1.165, 1.54) is 0 Å². The molecule has 6 nitrogen and oxygen atoms in total. The zero-order chi connectivity index (χ0) is 17.1. The second kappa shape index (κ2) is 7.21. The van der Waals surface area contributed by atoms with Gasteiger partial charge in [0.2, 0.25) is 0 Å². The Morgan fingerprint density at radius 2 is 1.83 bits per heavy atom. The predicted molar refractivity (Wildman–Crippen MR) is 92.3 cm³/mol. The third kappa shape index (κ3) is 3.38. The molecule has 2 aliphatic heterocycles. The minimum atomic E-state index is -0.450. The van der Waals surface area contributed by atoms with Crippen LogP contribution in [-0.4, -0.2) is 67.5 Å². The molecule has 2 heterocycles. The van der Waals surface area contributed by atoms with Crippen LogP contribution in [0.25, 0.3) is 0 Å². The number of hydrogen-bond acceptors (Lipinski definition) is 4. The average molecular weight is 331 g/mol. The van der Waals surface area contributed by atoms with Gasteiger partial charge >= 0.3 is 11.8 Å². The summed E-state index contributed by atoms with van der Waals surface area (Å²) in [6.07, 6.45) is 1.11. The molecule has 0 unspecified atom stereocenters. The molecular weight excluding hydrogens is 306 g/mol. The van der Waals surface area contributed by atoms with Crippen molar-refractivity contribution in [3.63, 3.8) is 0 Å². The van der Waals surface area contributed by atoms with Crippen LogP contribution in [0.15, 0.2) is 18.2 Å². The molecule has 0 saturated carbocycles. The van der Waals surface area contributed by atoms with Gasteiger partial charge < -0.3 is 9.64 Å². The molecule has 130 valence electrons. The molecule has 0 atom stereocenters. The van der Waals surface area contributed by atoms with Crippen molar-refractivity contribution in [2.75, 3.05) is 50.8 Å². The van der Waals surface area contributed by atoms with Gasteiger partial charge in [-0.3, -0.25) is 19.4 Å². The van der Waals surface area contributed by atoms with Crippen LogP contribution in [0, 0.1) is 6.92 Å². The fraction of sp³-hybridized carbons (Fsp3) is 0.556. The number of hydrogen-bond donors (Lipinski definition) is 0. The second-order valence-corrected chi connectivity index (χ2v) is 6.41. The molecule has 1 fully saturated rings. The fourth-order valence-electron chi connectivity index (χ4n) is 3.28. The smallest absolute Gasteiger partial charge is 0.316 e. The quantitative estimate of drug-likeness (QED) is 0.766. The van der Waals surface area contributed by atoms with Crippen LogP contribution in [-0.2, 0) is 9.59 Å². The van der Waals surface area contributed by atoms with Gasteiger partial charge in [0, 0.05) is 26.2 Å². The molecule has 1 aromatic rings. The van der Waals surface area contributed by atoms with E-state index in [-0.39, 0.29) is 0 Å². The summed E-state index contributed by atoms with van der Waals surface area (Å²) < 4.78 is 5.60. The van der Waals surface area contributed by atoms with Crippen LogP contribution in [0.1, 0.15) is 18.9 Å². The molecule has 24 heavy (non-hydrogen) atoms. The Balaban J connectivity index is 1.69. The van der Waals surface area contributed by atoms with Crippen molar-refractivity contribution in [2.24, 2.45) is 0 Å². The first-order valence-electron chi connectivity index (χ1n) is 8.66. The lowest BCUT2D eigenvalue weighted by molar-refractivity contribution is -0.145. The molecule has 1 aromatic carbocycles. The van der Waals surface area contributed by atoms with Crippen molar-refractivity contribution in [1.29, 1.82) is 0 Å². The number of carbonyl (C=O) groups is 2. The number of ether oxygens (including phenoxy) is 1. The normalized spacial score (nSPS) is 18.1. The molecule has 3 rings (SSSR count). The highest BCUT2D eigenvalue weighted by Gasteiger charge is 2.32. The van der Waals surface area contributed by atoms with Gasteiger partial charge in [-0.25, -0.2) is 0 Å². The molecule has 2 amide bonds. The van der Waals surface area contributed by atoms with Crippen LogP contribution < -0.4 is 9.64 Å². The summed E-state index contributed by atoms with van der Waals surface area (Å²) in [4.78, 5) is 31.0. The topological polar surface area (TPSA) is 53.1 Å². The van der Waals surface area contributed by atoms with Gasteiger partial charge in [-0.15, -0.1) is 0 Å². The van der Waals surface area contributed by atoms with E-state index in [0.717, 1.165) is 31.6 Å².